The zero-order chi connectivity index (χ0) is 27.0. The molecule has 0 fully saturated rings. The number of hydrogen-bond acceptors (Lipinski definition) is 4. The Morgan fingerprint density at radius 1 is 0.919 bits per heavy atom. The van der Waals surface area contributed by atoms with Crippen LogP contribution in [0.1, 0.15) is 36.1 Å². The molecule has 0 unspecified atom stereocenters. The average Bonchev–Trinajstić information content (AvgIpc) is 2.86. The van der Waals surface area contributed by atoms with Crippen LogP contribution in [0.15, 0.2) is 66.7 Å². The maximum atomic E-state index is 13.7. The van der Waals surface area contributed by atoms with Crippen LogP contribution in [0.4, 0.5) is 18.0 Å². The van der Waals surface area contributed by atoms with E-state index in [0.29, 0.717) is 23.2 Å². The smallest absolute Gasteiger partial charge is 0.416 e. The summed E-state index contributed by atoms with van der Waals surface area (Å²) in [6.07, 6.45) is -5.27. The van der Waals surface area contributed by atoms with Gasteiger partial charge in [-0.3, -0.25) is 4.79 Å². The van der Waals surface area contributed by atoms with Crippen molar-refractivity contribution in [3.63, 3.8) is 0 Å². The number of hydrogen-bond donors (Lipinski definition) is 0. The number of rotatable bonds is 9. The molecule has 0 heterocycles. The van der Waals surface area contributed by atoms with Crippen molar-refractivity contribution in [1.82, 2.24) is 4.90 Å². The van der Waals surface area contributed by atoms with Crippen molar-refractivity contribution in [2.24, 2.45) is 0 Å². The van der Waals surface area contributed by atoms with E-state index in [9.17, 15) is 22.8 Å². The number of nitrogens with zero attached hydrogens (tertiary/aromatic N) is 1. The van der Waals surface area contributed by atoms with Crippen molar-refractivity contribution in [2.45, 2.75) is 39.6 Å². The van der Waals surface area contributed by atoms with Crippen LogP contribution >= 0.6 is 11.6 Å². The third kappa shape index (κ3) is 7.73. The van der Waals surface area contributed by atoms with E-state index in [4.69, 9.17) is 21.1 Å². The highest BCUT2D eigenvalue weighted by molar-refractivity contribution is 6.33. The largest absolute Gasteiger partial charge is 0.466 e. The molecule has 3 rings (SSSR count). The fraction of sp³-hybridized carbons (Fsp3) is 0.286. The normalized spacial score (nSPS) is 11.2. The summed E-state index contributed by atoms with van der Waals surface area (Å²) in [6.45, 7) is 3.45. The molecule has 9 heteroatoms. The number of benzene rings is 3. The Kier molecular flexibility index (Phi) is 9.58. The van der Waals surface area contributed by atoms with Gasteiger partial charge in [0.1, 0.15) is 6.61 Å². The summed E-state index contributed by atoms with van der Waals surface area (Å²) >= 11 is 6.36. The summed E-state index contributed by atoms with van der Waals surface area (Å²) in [4.78, 5) is 25.4. The predicted octanol–water partition coefficient (Wildman–Crippen LogP) is 7.29. The highest BCUT2D eigenvalue weighted by Crippen LogP contribution is 2.39. The van der Waals surface area contributed by atoms with Gasteiger partial charge in [0.15, 0.2) is 0 Å². The number of alkyl halides is 3. The molecular weight excluding hydrogens is 507 g/mol. The topological polar surface area (TPSA) is 55.8 Å². The van der Waals surface area contributed by atoms with Crippen LogP contribution in [0.5, 0.6) is 0 Å². The minimum Gasteiger partial charge on any atom is -0.466 e. The van der Waals surface area contributed by atoms with Gasteiger partial charge in [0, 0.05) is 37.0 Å². The van der Waals surface area contributed by atoms with E-state index in [1.807, 2.05) is 37.3 Å². The van der Waals surface area contributed by atoms with E-state index in [1.165, 1.54) is 17.9 Å². The van der Waals surface area contributed by atoms with Gasteiger partial charge in [0.25, 0.3) is 0 Å². The molecule has 0 saturated heterocycles. The van der Waals surface area contributed by atoms with Gasteiger partial charge in [-0.2, -0.15) is 13.2 Å². The third-order valence-electron chi connectivity index (χ3n) is 5.69. The summed E-state index contributed by atoms with van der Waals surface area (Å²) < 4.78 is 51.4. The maximum Gasteiger partial charge on any atom is 0.416 e. The molecule has 1 amide bonds. The fourth-order valence-corrected chi connectivity index (χ4v) is 4.11. The molecular formula is C28H27ClF3NO4. The number of esters is 1. The van der Waals surface area contributed by atoms with E-state index < -0.39 is 23.8 Å². The van der Waals surface area contributed by atoms with Crippen LogP contribution < -0.4 is 0 Å². The Morgan fingerprint density at radius 3 is 2.24 bits per heavy atom. The zero-order valence-corrected chi connectivity index (χ0v) is 21.2. The molecule has 3 aromatic rings. The lowest BCUT2D eigenvalue weighted by Crippen LogP contribution is -2.31. The van der Waals surface area contributed by atoms with Crippen LogP contribution in [-0.4, -0.2) is 30.1 Å². The number of ether oxygens (including phenoxy) is 2. The average molecular weight is 534 g/mol. The lowest BCUT2D eigenvalue weighted by atomic mass is 9.94. The fourth-order valence-electron chi connectivity index (χ4n) is 3.84. The number of carbonyl (C=O) groups is 2. The highest BCUT2D eigenvalue weighted by atomic mass is 35.5. The van der Waals surface area contributed by atoms with Gasteiger partial charge in [-0.25, -0.2) is 4.79 Å². The molecule has 0 aliphatic carbocycles. The molecule has 0 spiro atoms. The van der Waals surface area contributed by atoms with E-state index in [0.717, 1.165) is 11.6 Å². The van der Waals surface area contributed by atoms with E-state index in [2.05, 4.69) is 0 Å². The van der Waals surface area contributed by atoms with Gasteiger partial charge in [-0.1, -0.05) is 66.2 Å². The van der Waals surface area contributed by atoms with E-state index >= 15 is 0 Å². The minimum atomic E-state index is -4.63. The summed E-state index contributed by atoms with van der Waals surface area (Å²) in [5.41, 5.74) is 1.59. The van der Waals surface area contributed by atoms with Crippen LogP contribution in [0.3, 0.4) is 0 Å². The zero-order valence-electron chi connectivity index (χ0n) is 20.5. The lowest BCUT2D eigenvalue weighted by Gasteiger charge is -2.23. The van der Waals surface area contributed by atoms with Crippen LogP contribution in [0, 0.1) is 0 Å². The summed E-state index contributed by atoms with van der Waals surface area (Å²) in [5, 5.41) is -0.0780. The van der Waals surface area contributed by atoms with E-state index in [1.54, 1.807) is 24.3 Å². The quantitative estimate of drug-likeness (QED) is 0.271. The SMILES string of the molecule is CCN(Cc1ccccc1-c1cc(CCOC(C)=O)c(C(F)(F)F)cc1Cl)C(=O)OCc1ccccc1. The number of amides is 1. The number of halogens is 4. The van der Waals surface area contributed by atoms with Gasteiger partial charge in [-0.05, 0) is 41.3 Å². The molecule has 0 aliphatic heterocycles. The molecule has 5 nitrogen and oxygen atoms in total. The first-order chi connectivity index (χ1) is 17.6. The standard InChI is InChI=1S/C28H27ClF3NO4/c1-3-33(27(35)37-18-20-9-5-4-6-10-20)17-22-11-7-8-12-23(22)24-15-21(13-14-36-19(2)34)25(16-26(24)29)28(30,31)32/h4-12,15-16H,3,13-14,17-18H2,1-2H3. The Balaban J connectivity index is 1.89. The minimum absolute atomic E-state index is 0.0439. The maximum absolute atomic E-state index is 13.7. The molecule has 0 aliphatic rings. The Hall–Kier alpha value is -3.52. The second-order valence-corrected chi connectivity index (χ2v) is 8.70. The van der Waals surface area contributed by atoms with Crippen LogP contribution in [0.25, 0.3) is 11.1 Å². The van der Waals surface area contributed by atoms with Gasteiger partial charge in [0.05, 0.1) is 12.2 Å². The Morgan fingerprint density at radius 2 is 1.59 bits per heavy atom. The second kappa shape index (κ2) is 12.6. The highest BCUT2D eigenvalue weighted by Gasteiger charge is 2.34. The molecule has 0 bridgehead atoms. The predicted molar refractivity (Wildman–Crippen MR) is 135 cm³/mol. The van der Waals surface area contributed by atoms with Crippen molar-refractivity contribution < 1.29 is 32.2 Å². The first kappa shape index (κ1) is 28.1. The van der Waals surface area contributed by atoms with Crippen LogP contribution in [0.2, 0.25) is 5.02 Å². The van der Waals surface area contributed by atoms with Crippen molar-refractivity contribution >= 4 is 23.7 Å². The second-order valence-electron chi connectivity index (χ2n) is 8.29. The first-order valence-electron chi connectivity index (χ1n) is 11.7. The summed E-state index contributed by atoms with van der Waals surface area (Å²) in [5.74, 6) is -0.577. The van der Waals surface area contributed by atoms with Crippen molar-refractivity contribution in [2.75, 3.05) is 13.2 Å². The van der Waals surface area contributed by atoms with E-state index in [-0.39, 0.29) is 36.8 Å². The number of carbonyl (C=O) groups excluding carboxylic acids is 2. The third-order valence-corrected chi connectivity index (χ3v) is 6.00. The summed E-state index contributed by atoms with van der Waals surface area (Å²) in [6, 6.07) is 18.6. The molecule has 196 valence electrons. The monoisotopic (exact) mass is 533 g/mol. The summed E-state index contributed by atoms with van der Waals surface area (Å²) in [7, 11) is 0. The molecule has 0 aromatic heterocycles. The molecule has 0 atom stereocenters. The Bertz CT molecular complexity index is 1230. The molecule has 0 N–H and O–H groups in total. The van der Waals surface area contributed by atoms with Gasteiger partial charge in [0.2, 0.25) is 0 Å². The molecule has 3 aromatic carbocycles. The molecule has 0 radical (unpaired) electrons. The Labute approximate surface area is 218 Å². The molecule has 0 saturated carbocycles. The van der Waals surface area contributed by atoms with Crippen molar-refractivity contribution in [3.05, 3.63) is 94.0 Å². The van der Waals surface area contributed by atoms with Crippen molar-refractivity contribution in [1.29, 1.82) is 0 Å². The van der Waals surface area contributed by atoms with Gasteiger partial charge >= 0.3 is 18.2 Å². The lowest BCUT2D eigenvalue weighted by molar-refractivity contribution is -0.141. The van der Waals surface area contributed by atoms with Gasteiger partial charge in [-0.15, -0.1) is 0 Å². The molecule has 37 heavy (non-hydrogen) atoms. The van der Waals surface area contributed by atoms with Gasteiger partial charge < -0.3 is 14.4 Å². The van der Waals surface area contributed by atoms with Crippen LogP contribution in [-0.2, 0) is 40.0 Å². The first-order valence-corrected chi connectivity index (χ1v) is 12.0. The van der Waals surface area contributed by atoms with Crippen molar-refractivity contribution in [3.8, 4) is 11.1 Å².